The summed E-state index contributed by atoms with van der Waals surface area (Å²) in [5.74, 6) is 0.981. The van der Waals surface area contributed by atoms with E-state index in [9.17, 15) is 9.18 Å². The maximum atomic E-state index is 13.3. The second-order valence-corrected chi connectivity index (χ2v) is 8.20. The summed E-state index contributed by atoms with van der Waals surface area (Å²) < 4.78 is 19.0. The van der Waals surface area contributed by atoms with Crippen LogP contribution in [0.4, 0.5) is 10.2 Å². The molecule has 0 radical (unpaired) electrons. The van der Waals surface area contributed by atoms with E-state index in [-0.39, 0.29) is 22.2 Å². The Morgan fingerprint density at radius 2 is 2.00 bits per heavy atom. The summed E-state index contributed by atoms with van der Waals surface area (Å²) in [6.07, 6.45) is 0. The topological polar surface area (TPSA) is 67.0 Å². The number of amides is 1. The van der Waals surface area contributed by atoms with E-state index in [2.05, 4.69) is 15.5 Å². The summed E-state index contributed by atoms with van der Waals surface area (Å²) in [4.78, 5) is 12.2. The van der Waals surface area contributed by atoms with Gasteiger partial charge in [-0.2, -0.15) is 5.10 Å². The molecule has 144 valence electrons. The lowest BCUT2D eigenvalue weighted by Crippen LogP contribution is -2.21. The molecule has 0 saturated heterocycles. The first-order chi connectivity index (χ1) is 13.5. The Bertz CT molecular complexity index is 1000. The highest BCUT2D eigenvalue weighted by Gasteiger charge is 2.32. The van der Waals surface area contributed by atoms with Gasteiger partial charge in [0.1, 0.15) is 18.2 Å². The number of carbonyl (C=O) groups is 1. The van der Waals surface area contributed by atoms with Crippen molar-refractivity contribution in [2.75, 3.05) is 5.32 Å². The fraction of sp³-hybridized carbons (Fsp3) is 0.238. The van der Waals surface area contributed by atoms with Gasteiger partial charge in [0.05, 0.1) is 10.5 Å². The number of nitrogens with one attached hydrogen (secondary N) is 2. The van der Waals surface area contributed by atoms with Crippen LogP contribution in [0.15, 0.2) is 48.5 Å². The molecule has 1 aromatic heterocycles. The third-order valence-corrected chi connectivity index (χ3v) is 6.09. The van der Waals surface area contributed by atoms with Gasteiger partial charge in [-0.05, 0) is 49.2 Å². The Balaban J connectivity index is 1.54. The van der Waals surface area contributed by atoms with E-state index in [0.717, 1.165) is 22.4 Å². The minimum atomic E-state index is -0.273. The molecule has 3 aromatic rings. The molecule has 28 heavy (non-hydrogen) atoms. The molecule has 1 aliphatic rings. The molecule has 0 aliphatic carbocycles. The average Bonchev–Trinajstić information content (AvgIpc) is 2.98. The molecule has 0 fully saturated rings. The smallest absolute Gasteiger partial charge is 0.238 e. The summed E-state index contributed by atoms with van der Waals surface area (Å²) in [7, 11) is 0. The summed E-state index contributed by atoms with van der Waals surface area (Å²) in [6.45, 7) is 4.15. The van der Waals surface area contributed by atoms with E-state index in [4.69, 9.17) is 4.74 Å². The second-order valence-electron chi connectivity index (χ2n) is 6.75. The van der Waals surface area contributed by atoms with Crippen LogP contribution in [0, 0.1) is 12.7 Å². The molecule has 2 atom stereocenters. The van der Waals surface area contributed by atoms with Gasteiger partial charge in [-0.15, -0.1) is 11.8 Å². The maximum Gasteiger partial charge on any atom is 0.238 e. The molecule has 0 spiro atoms. The number of nitrogens with zero attached hydrogens (tertiary/aromatic N) is 1. The fourth-order valence-corrected chi connectivity index (χ4v) is 4.51. The van der Waals surface area contributed by atoms with E-state index in [0.29, 0.717) is 18.2 Å². The van der Waals surface area contributed by atoms with Crippen molar-refractivity contribution in [3.63, 3.8) is 0 Å². The van der Waals surface area contributed by atoms with Gasteiger partial charge < -0.3 is 10.1 Å². The zero-order chi connectivity index (χ0) is 19.7. The minimum Gasteiger partial charge on any atom is -0.489 e. The summed E-state index contributed by atoms with van der Waals surface area (Å²) in [6, 6.07) is 14.2. The van der Waals surface area contributed by atoms with E-state index >= 15 is 0 Å². The number of aromatic nitrogens is 2. The van der Waals surface area contributed by atoms with Crippen molar-refractivity contribution in [3.8, 4) is 5.75 Å². The number of anilines is 1. The number of halogens is 1. The van der Waals surface area contributed by atoms with Gasteiger partial charge in [-0.3, -0.25) is 9.89 Å². The van der Waals surface area contributed by atoms with Gasteiger partial charge in [0.2, 0.25) is 5.91 Å². The number of carbonyl (C=O) groups excluding carboxylic acids is 1. The van der Waals surface area contributed by atoms with Gasteiger partial charge in [0.15, 0.2) is 5.82 Å². The SMILES string of the molecule is Cc1[nH]nc2c1[C@@H](c1ccc(OCc3cccc(F)c3)cc1)S[C@H](C)C(=O)N2. The number of thioether (sulfide) groups is 1. The van der Waals surface area contributed by atoms with Crippen molar-refractivity contribution in [1.29, 1.82) is 0 Å². The summed E-state index contributed by atoms with van der Waals surface area (Å²) in [5, 5.41) is 9.89. The van der Waals surface area contributed by atoms with Crippen LogP contribution >= 0.6 is 11.8 Å². The zero-order valence-electron chi connectivity index (χ0n) is 15.5. The highest BCUT2D eigenvalue weighted by Crippen LogP contribution is 2.44. The van der Waals surface area contributed by atoms with Crippen molar-refractivity contribution in [2.24, 2.45) is 0 Å². The van der Waals surface area contributed by atoms with Gasteiger partial charge >= 0.3 is 0 Å². The highest BCUT2D eigenvalue weighted by atomic mass is 32.2. The molecule has 7 heteroatoms. The van der Waals surface area contributed by atoms with E-state index < -0.39 is 0 Å². The molecule has 1 aliphatic heterocycles. The van der Waals surface area contributed by atoms with Crippen LogP contribution in [0.2, 0.25) is 0 Å². The number of aryl methyl sites for hydroxylation is 1. The number of hydrogen-bond acceptors (Lipinski definition) is 4. The lowest BCUT2D eigenvalue weighted by molar-refractivity contribution is -0.115. The van der Waals surface area contributed by atoms with Gasteiger partial charge in [0, 0.05) is 11.3 Å². The highest BCUT2D eigenvalue weighted by molar-refractivity contribution is 8.01. The third kappa shape index (κ3) is 3.75. The maximum absolute atomic E-state index is 13.3. The zero-order valence-corrected chi connectivity index (χ0v) is 16.3. The molecule has 5 nitrogen and oxygen atoms in total. The largest absolute Gasteiger partial charge is 0.489 e. The molecule has 2 aromatic carbocycles. The van der Waals surface area contributed by atoms with Crippen LogP contribution in [0.3, 0.4) is 0 Å². The molecule has 4 rings (SSSR count). The molecule has 0 bridgehead atoms. The quantitative estimate of drug-likeness (QED) is 0.675. The lowest BCUT2D eigenvalue weighted by Gasteiger charge is -2.18. The van der Waals surface area contributed by atoms with Gasteiger partial charge in [-0.25, -0.2) is 4.39 Å². The number of fused-ring (bicyclic) bond motifs is 1. The minimum absolute atomic E-state index is 0.0139. The van der Waals surface area contributed by atoms with E-state index in [1.807, 2.05) is 44.2 Å². The molecule has 2 N–H and O–H groups in total. The van der Waals surface area contributed by atoms with Crippen LogP contribution in [0.1, 0.15) is 34.6 Å². The molecule has 0 saturated carbocycles. The Labute approximate surface area is 166 Å². The Morgan fingerprint density at radius 1 is 1.21 bits per heavy atom. The van der Waals surface area contributed by atoms with Crippen LogP contribution in [0.25, 0.3) is 0 Å². The first-order valence-corrected chi connectivity index (χ1v) is 9.94. The monoisotopic (exact) mass is 397 g/mol. The number of aromatic amines is 1. The van der Waals surface area contributed by atoms with Crippen molar-refractivity contribution < 1.29 is 13.9 Å². The van der Waals surface area contributed by atoms with E-state index in [1.54, 1.807) is 17.8 Å². The Kier molecular flexibility index (Phi) is 5.09. The molecule has 1 amide bonds. The predicted octanol–water partition coefficient (Wildman–Crippen LogP) is 4.60. The van der Waals surface area contributed by atoms with Crippen molar-refractivity contribution in [1.82, 2.24) is 10.2 Å². The third-order valence-electron chi connectivity index (χ3n) is 4.69. The second kappa shape index (κ2) is 7.67. The standard InChI is InChI=1S/C21H20FN3O2S/c1-12-18-19(28-13(2)21(26)23-20(18)25-24-12)15-6-8-17(9-7-15)27-11-14-4-3-5-16(22)10-14/h3-10,13,19H,11H2,1-2H3,(H2,23,24,25,26)/t13-,19-/m1/s1. The lowest BCUT2D eigenvalue weighted by atomic mass is 10.0. The first kappa shape index (κ1) is 18.6. The van der Waals surface area contributed by atoms with Gasteiger partial charge in [-0.1, -0.05) is 24.3 Å². The van der Waals surface area contributed by atoms with Crippen LogP contribution in [0.5, 0.6) is 5.75 Å². The van der Waals surface area contributed by atoms with Crippen molar-refractivity contribution in [2.45, 2.75) is 31.0 Å². The molecule has 0 unspecified atom stereocenters. The Hall–Kier alpha value is -2.80. The van der Waals surface area contributed by atoms with Crippen LogP contribution in [-0.2, 0) is 11.4 Å². The van der Waals surface area contributed by atoms with Crippen LogP contribution < -0.4 is 10.1 Å². The fourth-order valence-electron chi connectivity index (χ4n) is 3.18. The molecular weight excluding hydrogens is 377 g/mol. The van der Waals surface area contributed by atoms with E-state index in [1.165, 1.54) is 12.1 Å². The number of benzene rings is 2. The summed E-state index contributed by atoms with van der Waals surface area (Å²) >= 11 is 1.59. The average molecular weight is 397 g/mol. The van der Waals surface area contributed by atoms with Gasteiger partial charge in [0.25, 0.3) is 0 Å². The number of H-pyrrole nitrogens is 1. The molecular formula is C21H20FN3O2S. The normalized spacial score (nSPS) is 18.9. The van der Waals surface area contributed by atoms with Crippen molar-refractivity contribution in [3.05, 3.63) is 76.7 Å². The number of rotatable bonds is 4. The summed E-state index contributed by atoms with van der Waals surface area (Å²) in [5.41, 5.74) is 3.78. The van der Waals surface area contributed by atoms with Crippen molar-refractivity contribution >= 4 is 23.5 Å². The Morgan fingerprint density at radius 3 is 2.75 bits per heavy atom. The first-order valence-electron chi connectivity index (χ1n) is 8.99. The predicted molar refractivity (Wildman–Crippen MR) is 108 cm³/mol. The molecule has 2 heterocycles. The number of hydrogen-bond donors (Lipinski definition) is 2. The van der Waals surface area contributed by atoms with Crippen LogP contribution in [-0.4, -0.2) is 21.4 Å². The number of ether oxygens (including phenoxy) is 1.